The van der Waals surface area contributed by atoms with Gasteiger partial charge < -0.3 is 42.6 Å². The number of aliphatic hydroxyl groups is 1. The van der Waals surface area contributed by atoms with E-state index in [4.69, 9.17) is 29.4 Å². The summed E-state index contributed by atoms with van der Waals surface area (Å²) in [6, 6.07) is 17.9. The molecule has 8 heterocycles. The molecule has 74 heavy (non-hydrogen) atoms. The number of halogens is 1. The molecule has 380 valence electrons. The molecule has 0 bridgehead atoms. The van der Waals surface area contributed by atoms with Crippen LogP contribution in [-0.2, 0) is 20.1 Å². The summed E-state index contributed by atoms with van der Waals surface area (Å²) in [5, 5.41) is 12.8. The van der Waals surface area contributed by atoms with Crippen LogP contribution in [0.3, 0.4) is 0 Å². The lowest BCUT2D eigenvalue weighted by Gasteiger charge is -2.52. The Labute approximate surface area is 427 Å². The molecular weight excluding hydrogens is 936 g/mol. The van der Waals surface area contributed by atoms with Gasteiger partial charge in [0.05, 0.1) is 49.3 Å². The minimum absolute atomic E-state index is 0.0409. The van der Waals surface area contributed by atoms with Crippen molar-refractivity contribution in [2.45, 2.75) is 108 Å². The summed E-state index contributed by atoms with van der Waals surface area (Å²) in [6.07, 6.45) is 12.1. The normalized spacial score (nSPS) is 26.2. The molecule has 1 N–H and O–H groups in total. The van der Waals surface area contributed by atoms with E-state index >= 15 is 0 Å². The minimum Gasteiger partial charge on any atom is -0.494 e. The maximum Gasteiger partial charge on any atom is 0.254 e. The van der Waals surface area contributed by atoms with Gasteiger partial charge >= 0.3 is 0 Å². The quantitative estimate of drug-likeness (QED) is 0.119. The second-order valence-corrected chi connectivity index (χ2v) is 23.0. The highest BCUT2D eigenvalue weighted by Gasteiger charge is 2.62. The molecule has 2 aromatic carbocycles. The van der Waals surface area contributed by atoms with Gasteiger partial charge in [-0.1, -0.05) is 0 Å². The fourth-order valence-electron chi connectivity index (χ4n) is 14.2. The van der Waals surface area contributed by atoms with Gasteiger partial charge in [-0.15, -0.1) is 0 Å². The predicted octanol–water partition coefficient (Wildman–Crippen LogP) is 9.33. The van der Waals surface area contributed by atoms with Crippen LogP contribution in [0.4, 0.5) is 4.39 Å². The van der Waals surface area contributed by atoms with Gasteiger partial charge in [0.25, 0.3) is 11.8 Å². The first-order valence-corrected chi connectivity index (χ1v) is 27.1. The number of aryl methyl sites for hydroxylation is 1. The van der Waals surface area contributed by atoms with Crippen LogP contribution in [0.25, 0.3) is 67.2 Å². The van der Waals surface area contributed by atoms with Gasteiger partial charge in [0.15, 0.2) is 11.6 Å². The van der Waals surface area contributed by atoms with Crippen molar-refractivity contribution in [1.29, 1.82) is 0 Å². The van der Waals surface area contributed by atoms with E-state index in [9.17, 15) is 19.1 Å². The molecule has 8 aromatic rings. The molecule has 15 nitrogen and oxygen atoms in total. The van der Waals surface area contributed by atoms with Crippen molar-refractivity contribution in [3.63, 3.8) is 0 Å². The van der Waals surface area contributed by atoms with Crippen LogP contribution in [0.2, 0.25) is 0 Å². The molecule has 2 amide bonds. The highest BCUT2D eigenvalue weighted by molar-refractivity contribution is 6.02. The molecule has 0 spiro atoms. The molecule has 2 aliphatic heterocycles. The van der Waals surface area contributed by atoms with Gasteiger partial charge in [0.2, 0.25) is 0 Å². The molecule has 7 aliphatic rings. The number of carbonyl (C=O) groups is 2. The number of alkyl halides is 1. The second kappa shape index (κ2) is 16.6. The molecular formula is C58H61FN10O5. The van der Waals surface area contributed by atoms with Gasteiger partial charge in [-0.2, -0.15) is 0 Å². The van der Waals surface area contributed by atoms with Crippen molar-refractivity contribution in [1.82, 2.24) is 48.0 Å². The van der Waals surface area contributed by atoms with E-state index in [1.54, 1.807) is 14.2 Å². The number of benzene rings is 2. The van der Waals surface area contributed by atoms with Crippen LogP contribution in [0.15, 0.2) is 67.0 Å². The molecule has 2 saturated heterocycles. The number of hydrogen-bond donors (Lipinski definition) is 1. The van der Waals surface area contributed by atoms with E-state index in [0.717, 1.165) is 113 Å². The molecule has 5 aliphatic carbocycles. The van der Waals surface area contributed by atoms with Gasteiger partial charge in [0, 0.05) is 85.5 Å². The Morgan fingerprint density at radius 3 is 2.05 bits per heavy atom. The standard InChI is InChI=1S/C58H61FN10O5/c1-64-51-43(62-55(64)46-17-32-5-4-12-60-53(32)66(46)25-30-6-7-30)15-36(20-48(51)73-2)57(71)65-27-33(10-11-41(65)29-70)38-14-35-19-47(67(26-31-8-9-31)54(35)61-24-38)56-63-44-16-37(58(72)68-28-39-13-34-18-45(68)50(34)39)21-49(74-3)52(44)69(56)42-22-40(59)23-42/h4-5,12,14-17,19-21,24,30-31,33-34,39-42,45,50,70H,6-11,13,18,22-23,25-29H2,1-3H3/t33-,34?,39-,40?,41+,42?,45-,50-/m1/s1. The third kappa shape index (κ3) is 6.84. The first-order chi connectivity index (χ1) is 36.1. The number of hydrogen-bond acceptors (Lipinski definition) is 9. The average molecular weight is 997 g/mol. The molecule has 6 aromatic heterocycles. The smallest absolute Gasteiger partial charge is 0.254 e. The third-order valence-corrected chi connectivity index (χ3v) is 18.6. The van der Waals surface area contributed by atoms with Crippen molar-refractivity contribution in [3.05, 3.63) is 83.7 Å². The number of likely N-dealkylation sites (tertiary alicyclic amines) is 2. The molecule has 0 radical (unpaired) electrons. The van der Waals surface area contributed by atoms with Crippen molar-refractivity contribution >= 4 is 55.9 Å². The largest absolute Gasteiger partial charge is 0.494 e. The Morgan fingerprint density at radius 2 is 1.38 bits per heavy atom. The number of ether oxygens (including phenoxy) is 2. The highest BCUT2D eigenvalue weighted by atomic mass is 19.1. The second-order valence-electron chi connectivity index (χ2n) is 23.0. The fraction of sp³-hybridized carbons (Fsp3) is 0.483. The van der Waals surface area contributed by atoms with Crippen LogP contribution >= 0.6 is 0 Å². The maximum absolute atomic E-state index is 14.9. The number of methoxy groups -OCH3 is 2. The van der Waals surface area contributed by atoms with E-state index in [1.165, 1.54) is 19.3 Å². The molecule has 16 heteroatoms. The number of piperidine rings is 1. The Morgan fingerprint density at radius 1 is 0.716 bits per heavy atom. The van der Waals surface area contributed by atoms with Crippen molar-refractivity contribution in [2.75, 3.05) is 33.9 Å². The SMILES string of the molecule is COc1cc(C(=O)N2C[C@H](c3cnc4c(c3)cc(-c3nc5cc(C(=O)N6C[C@H]7CC8C[C@@H]6[C@H]87)cc(OC)c5n3C3CC(F)C3)n4CC3CC3)CC[C@H]2CO)cc2nc(-c3cc4cccnc4n3CC3CC3)n(C)c12. The Bertz CT molecular complexity index is 3640. The zero-order valence-electron chi connectivity index (χ0n) is 42.2. The summed E-state index contributed by atoms with van der Waals surface area (Å²) < 4.78 is 35.8. The number of amides is 2. The van der Waals surface area contributed by atoms with Gasteiger partial charge in [-0.3, -0.25) is 9.59 Å². The molecule has 7 fully saturated rings. The topological polar surface area (TPSA) is 151 Å². The number of carbonyl (C=O) groups excluding carboxylic acids is 2. The number of pyridine rings is 2. The summed E-state index contributed by atoms with van der Waals surface area (Å²) in [5.74, 6) is 5.66. The summed E-state index contributed by atoms with van der Waals surface area (Å²) in [4.78, 5) is 53.6. The minimum atomic E-state index is -0.894. The predicted molar refractivity (Wildman–Crippen MR) is 278 cm³/mol. The number of aromatic nitrogens is 8. The lowest BCUT2D eigenvalue weighted by molar-refractivity contribution is -0.0204. The van der Waals surface area contributed by atoms with E-state index in [0.29, 0.717) is 89.2 Å². The van der Waals surface area contributed by atoms with Crippen LogP contribution in [-0.4, -0.2) is 117 Å². The lowest BCUT2D eigenvalue weighted by Crippen LogP contribution is -2.53. The summed E-state index contributed by atoms with van der Waals surface area (Å²) >= 11 is 0. The first kappa shape index (κ1) is 44.7. The van der Waals surface area contributed by atoms with Gasteiger partial charge in [0.1, 0.15) is 40.0 Å². The Balaban J connectivity index is 0.768. The first-order valence-electron chi connectivity index (χ1n) is 27.1. The maximum atomic E-state index is 14.9. The third-order valence-electron chi connectivity index (χ3n) is 18.6. The molecule has 1 unspecified atom stereocenters. The Kier molecular flexibility index (Phi) is 10.0. The molecule has 6 atom stereocenters. The number of nitrogens with zero attached hydrogens (tertiary/aromatic N) is 10. The monoisotopic (exact) mass is 996 g/mol. The zero-order valence-corrected chi connectivity index (χ0v) is 42.2. The summed E-state index contributed by atoms with van der Waals surface area (Å²) in [6.45, 7) is 2.73. The fourth-order valence-corrected chi connectivity index (χ4v) is 14.2. The molecule has 15 rings (SSSR count). The highest BCUT2D eigenvalue weighted by Crippen LogP contribution is 2.61. The van der Waals surface area contributed by atoms with Crippen LogP contribution < -0.4 is 9.47 Å². The number of rotatable bonds is 13. The van der Waals surface area contributed by atoms with Crippen molar-refractivity contribution < 1.29 is 28.6 Å². The Hall–Kier alpha value is -6.81. The van der Waals surface area contributed by atoms with Crippen LogP contribution in [0, 0.1) is 29.6 Å². The van der Waals surface area contributed by atoms with Crippen molar-refractivity contribution in [3.8, 4) is 34.5 Å². The summed E-state index contributed by atoms with van der Waals surface area (Å²) in [7, 11) is 5.26. The van der Waals surface area contributed by atoms with E-state index in [-0.39, 0.29) is 36.4 Å². The average Bonchev–Trinajstić information content (AvgIpc) is 4.28. The van der Waals surface area contributed by atoms with Crippen LogP contribution in [0.1, 0.15) is 102 Å². The number of imidazole rings is 2. The number of fused-ring (bicyclic) bond motifs is 4. The summed E-state index contributed by atoms with van der Waals surface area (Å²) in [5.41, 5.74) is 8.66. The number of aliphatic hydroxyl groups excluding tert-OH is 1. The van der Waals surface area contributed by atoms with E-state index in [1.807, 2.05) is 54.7 Å². The lowest BCUT2D eigenvalue weighted by atomic mass is 9.53. The van der Waals surface area contributed by atoms with Gasteiger partial charge in [-0.05, 0) is 154 Å². The van der Waals surface area contributed by atoms with Crippen LogP contribution in [0.5, 0.6) is 11.5 Å². The molecule has 5 saturated carbocycles. The van der Waals surface area contributed by atoms with E-state index in [2.05, 4.69) is 47.4 Å². The van der Waals surface area contributed by atoms with Gasteiger partial charge in [-0.25, -0.2) is 24.3 Å². The van der Waals surface area contributed by atoms with E-state index < -0.39 is 6.17 Å². The van der Waals surface area contributed by atoms with Crippen molar-refractivity contribution in [2.24, 2.45) is 36.6 Å². The zero-order chi connectivity index (χ0) is 49.8.